The van der Waals surface area contributed by atoms with E-state index in [2.05, 4.69) is 0 Å². The topological polar surface area (TPSA) is 358 Å². The molecule has 25 nitrogen and oxygen atoms in total. The highest BCUT2D eigenvalue weighted by molar-refractivity contribution is 7.48. The number of aliphatic hydroxyl groups excluding tert-OH is 6. The summed E-state index contributed by atoms with van der Waals surface area (Å²) < 4.78 is 52.8. The normalized spacial score (nSPS) is 32.0. The summed E-state index contributed by atoms with van der Waals surface area (Å²) >= 11 is 0. The van der Waals surface area contributed by atoms with E-state index in [1.165, 1.54) is 20.8 Å². The van der Waals surface area contributed by atoms with E-state index in [9.17, 15) is 59.4 Å². The van der Waals surface area contributed by atoms with Crippen molar-refractivity contribution in [3.05, 3.63) is 97.8 Å². The molecular formula is C30H39N6O19P. The third-order valence-electron chi connectivity index (χ3n) is 9.46. The maximum absolute atomic E-state index is 15.8. The molecule has 9 N–H and O–H groups in total. The average Bonchev–Trinajstić information content (AvgIpc) is 3.74. The summed E-state index contributed by atoms with van der Waals surface area (Å²) in [7, 11) is -6.10. The molecule has 0 spiro atoms. The van der Waals surface area contributed by atoms with Gasteiger partial charge in [0, 0.05) is 35.3 Å². The van der Waals surface area contributed by atoms with Crippen molar-refractivity contribution in [1.82, 2.24) is 28.7 Å². The second-order valence-corrected chi connectivity index (χ2v) is 15.0. The van der Waals surface area contributed by atoms with Crippen LogP contribution in [0.15, 0.2) is 47.4 Å². The lowest BCUT2D eigenvalue weighted by atomic mass is 10.1. The van der Waals surface area contributed by atoms with Gasteiger partial charge in [0.25, 0.3) is 34.4 Å². The maximum Gasteiger partial charge on any atom is 0.486 e. The number of phosphoric ester groups is 1. The van der Waals surface area contributed by atoms with E-state index in [1.54, 1.807) is 0 Å². The summed E-state index contributed by atoms with van der Waals surface area (Å²) in [6.07, 6.45) is -10.1. The van der Waals surface area contributed by atoms with Crippen LogP contribution in [0.25, 0.3) is 0 Å². The first-order valence-electron chi connectivity index (χ1n) is 16.9. The van der Waals surface area contributed by atoms with Crippen LogP contribution in [0.3, 0.4) is 0 Å². The van der Waals surface area contributed by atoms with Crippen molar-refractivity contribution in [3.8, 4) is 0 Å². The molecule has 26 heteroatoms. The molecule has 0 amide bonds. The van der Waals surface area contributed by atoms with Crippen molar-refractivity contribution in [2.24, 2.45) is 0 Å². The Morgan fingerprint density at radius 1 is 0.589 bits per heavy atom. The van der Waals surface area contributed by atoms with Crippen LogP contribution in [0.1, 0.15) is 36.0 Å². The van der Waals surface area contributed by atoms with Crippen LogP contribution in [-0.2, 0) is 50.1 Å². The van der Waals surface area contributed by atoms with Gasteiger partial charge < -0.3 is 44.8 Å². The Hall–Kier alpha value is -4.21. The SMILES string of the molecule is Cc1cn([C@@]2(OP(=O)(O[C@]3(n4cc(C)c(=O)[nH]c4=O)C[C@H](O)[C@@H](CO)O3)O[C@]3(n4cc(C)c(=O)[nH]c4=O)C[C@H](O)[C@@H](CO)O3)C[C@H](O)[C@@H](CO)O2)c(=O)[nH]c1=O. The highest BCUT2D eigenvalue weighted by atomic mass is 31.2. The number of rotatable bonds is 12. The van der Waals surface area contributed by atoms with Crippen molar-refractivity contribution < 1.29 is 63.0 Å². The standard InChI is InChI=1S/C30H39N6O19P/c1-13-7-34(25(46)31-22(13)43)28(4-16(40)19(10-37)50-28)53-56(49,54-29(5-17(41)20(11-38)51-29)35-8-14(2)23(44)32-26(35)47)55-30(6-18(42)21(12-39)52-30)36-9-15(3)24(45)33-27(36)48/h7-9,16-21,37-42H,4-6,10-12H2,1-3H3,(H,31,43,46)(H,32,44,47)(H,33,45,48)/t16-,17-,18-,19+,20+,21+,28-,29-,30-/m0/s1. The quantitative estimate of drug-likeness (QED) is 0.0772. The predicted molar refractivity (Wildman–Crippen MR) is 181 cm³/mol. The third kappa shape index (κ3) is 7.26. The Bertz CT molecular complexity index is 2150. The number of aromatic nitrogens is 6. The van der Waals surface area contributed by atoms with Crippen LogP contribution in [0.4, 0.5) is 0 Å². The van der Waals surface area contributed by atoms with Gasteiger partial charge in [-0.1, -0.05) is 0 Å². The molecule has 0 aromatic carbocycles. The fourth-order valence-electron chi connectivity index (χ4n) is 6.57. The summed E-state index contributed by atoms with van der Waals surface area (Å²) in [5.41, 5.74) is -7.09. The zero-order valence-corrected chi connectivity index (χ0v) is 30.6. The van der Waals surface area contributed by atoms with Gasteiger partial charge >= 0.3 is 24.9 Å². The van der Waals surface area contributed by atoms with Gasteiger partial charge in [0.05, 0.1) is 57.4 Å². The van der Waals surface area contributed by atoms with Crippen molar-refractivity contribution in [2.75, 3.05) is 19.8 Å². The van der Waals surface area contributed by atoms with E-state index in [-0.39, 0.29) is 16.7 Å². The number of nitrogens with one attached hydrogen (secondary N) is 3. The number of aliphatic hydroxyl groups is 6. The molecule has 9 atom stereocenters. The van der Waals surface area contributed by atoms with Gasteiger partial charge in [0.15, 0.2) is 0 Å². The molecule has 3 aliphatic heterocycles. The van der Waals surface area contributed by atoms with Crippen LogP contribution in [0.2, 0.25) is 0 Å². The summed E-state index contributed by atoms with van der Waals surface area (Å²) in [6, 6.07) is 0. The number of nitrogens with zero attached hydrogens (tertiary/aromatic N) is 3. The monoisotopic (exact) mass is 818 g/mol. The van der Waals surface area contributed by atoms with Gasteiger partial charge in [0.1, 0.15) is 18.3 Å². The van der Waals surface area contributed by atoms with Crippen molar-refractivity contribution in [3.63, 3.8) is 0 Å². The molecule has 0 aliphatic carbocycles. The minimum Gasteiger partial charge on any atom is -0.394 e. The Labute approximate surface area is 311 Å². The van der Waals surface area contributed by atoms with Gasteiger partial charge in [-0.15, -0.1) is 0 Å². The first kappa shape index (κ1) is 41.4. The number of aromatic amines is 3. The number of ether oxygens (including phenoxy) is 3. The Morgan fingerprint density at radius 2 is 0.839 bits per heavy atom. The van der Waals surface area contributed by atoms with E-state index in [4.69, 9.17) is 27.8 Å². The summed E-state index contributed by atoms with van der Waals surface area (Å²) in [5, 5.41) is 63.0. The molecule has 6 rings (SSSR count). The number of phosphoric acid groups is 1. The van der Waals surface area contributed by atoms with E-state index >= 15 is 4.57 Å². The zero-order chi connectivity index (χ0) is 41.1. The smallest absolute Gasteiger partial charge is 0.394 e. The maximum atomic E-state index is 15.8. The van der Waals surface area contributed by atoms with E-state index in [0.29, 0.717) is 13.7 Å². The number of hydrogen-bond acceptors (Lipinski definition) is 19. The summed E-state index contributed by atoms with van der Waals surface area (Å²) in [6.45, 7) is 0.910. The van der Waals surface area contributed by atoms with Crippen LogP contribution in [-0.4, -0.2) is 116 Å². The fourth-order valence-corrected chi connectivity index (χ4v) is 8.34. The minimum absolute atomic E-state index is 0.172. The molecule has 56 heavy (non-hydrogen) atoms. The van der Waals surface area contributed by atoms with E-state index < -0.39 is 135 Å². The van der Waals surface area contributed by atoms with Crippen LogP contribution < -0.4 is 33.7 Å². The lowest BCUT2D eigenvalue weighted by Crippen LogP contribution is -2.50. The fraction of sp³-hybridized carbons (Fsp3) is 0.600. The van der Waals surface area contributed by atoms with Crippen molar-refractivity contribution in [2.45, 2.75) is 94.4 Å². The zero-order valence-electron chi connectivity index (χ0n) is 29.7. The predicted octanol–water partition coefficient (Wildman–Crippen LogP) is -5.02. The first-order valence-corrected chi connectivity index (χ1v) is 18.3. The number of hydrogen-bond donors (Lipinski definition) is 9. The Kier molecular flexibility index (Phi) is 11.1. The Balaban J connectivity index is 1.65. The van der Waals surface area contributed by atoms with Crippen LogP contribution >= 0.6 is 7.82 Å². The minimum atomic E-state index is -6.10. The molecule has 3 aromatic heterocycles. The largest absolute Gasteiger partial charge is 0.486 e. The molecule has 0 saturated carbocycles. The highest BCUT2D eigenvalue weighted by Gasteiger charge is 2.63. The molecule has 3 fully saturated rings. The van der Waals surface area contributed by atoms with E-state index in [1.807, 2.05) is 15.0 Å². The molecule has 0 radical (unpaired) electrons. The summed E-state index contributed by atoms with van der Waals surface area (Å²) in [4.78, 5) is 83.4. The van der Waals surface area contributed by atoms with Crippen LogP contribution in [0, 0.1) is 20.8 Å². The van der Waals surface area contributed by atoms with Gasteiger partial charge in [-0.3, -0.25) is 29.3 Å². The molecule has 3 aromatic rings. The lowest BCUT2D eigenvalue weighted by molar-refractivity contribution is -0.306. The van der Waals surface area contributed by atoms with Crippen LogP contribution in [0.5, 0.6) is 0 Å². The molecule has 3 aliphatic rings. The highest BCUT2D eigenvalue weighted by Crippen LogP contribution is 2.64. The molecule has 308 valence electrons. The molecule has 3 saturated heterocycles. The number of aryl methyl sites for hydroxylation is 3. The van der Waals surface area contributed by atoms with Gasteiger partial charge in [-0.05, 0) is 20.8 Å². The molecule has 6 heterocycles. The molecule has 0 unspecified atom stereocenters. The first-order chi connectivity index (χ1) is 26.2. The lowest BCUT2D eigenvalue weighted by Gasteiger charge is -2.40. The van der Waals surface area contributed by atoms with Crippen molar-refractivity contribution >= 4 is 7.82 Å². The van der Waals surface area contributed by atoms with Gasteiger partial charge in [0.2, 0.25) is 0 Å². The van der Waals surface area contributed by atoms with Gasteiger partial charge in [-0.25, -0.2) is 46.2 Å². The Morgan fingerprint density at radius 3 is 1.05 bits per heavy atom. The van der Waals surface area contributed by atoms with E-state index in [0.717, 1.165) is 18.6 Å². The molecular weight excluding hydrogens is 779 g/mol. The third-order valence-corrected chi connectivity index (χ3v) is 11.0. The second kappa shape index (κ2) is 14.9. The summed E-state index contributed by atoms with van der Waals surface area (Å²) in [5.74, 6) is -8.76. The van der Waals surface area contributed by atoms with Crippen molar-refractivity contribution in [1.29, 1.82) is 0 Å². The average molecular weight is 819 g/mol. The van der Waals surface area contributed by atoms with Gasteiger partial charge in [-0.2, -0.15) is 0 Å². The second-order valence-electron chi connectivity index (χ2n) is 13.5. The number of H-pyrrole nitrogens is 3. The molecule has 0 bridgehead atoms.